The third-order valence-electron chi connectivity index (χ3n) is 4.97. The summed E-state index contributed by atoms with van der Waals surface area (Å²) >= 11 is 0. The lowest BCUT2D eigenvalue weighted by molar-refractivity contribution is 0.180. The molecule has 5 nitrogen and oxygen atoms in total. The number of hydrogen-bond acceptors (Lipinski definition) is 3. The number of aliphatic imine (C=N–C) groups is 1. The van der Waals surface area contributed by atoms with Crippen molar-refractivity contribution in [3.8, 4) is 0 Å². The largest absolute Gasteiger partial charge is 0.385 e. The Morgan fingerprint density at radius 2 is 1.96 bits per heavy atom. The third-order valence-corrected chi connectivity index (χ3v) is 4.97. The van der Waals surface area contributed by atoms with Gasteiger partial charge in [0.15, 0.2) is 5.96 Å². The molecule has 0 amide bonds. The van der Waals surface area contributed by atoms with Gasteiger partial charge in [-0.05, 0) is 50.6 Å². The molecule has 146 valence electrons. The van der Waals surface area contributed by atoms with Crippen LogP contribution in [-0.4, -0.2) is 64.3 Å². The van der Waals surface area contributed by atoms with Crippen molar-refractivity contribution in [2.24, 2.45) is 10.4 Å². The molecule has 1 aromatic rings. The number of methoxy groups -OCH3 is 1. The minimum atomic E-state index is 0.376. The van der Waals surface area contributed by atoms with Crippen LogP contribution in [0.3, 0.4) is 0 Å². The second-order valence-corrected chi connectivity index (χ2v) is 7.43. The van der Waals surface area contributed by atoms with Crippen LogP contribution in [0.25, 0.3) is 0 Å². The molecule has 1 aliphatic carbocycles. The van der Waals surface area contributed by atoms with Crippen molar-refractivity contribution in [1.29, 1.82) is 0 Å². The fraction of sp³-hybridized carbons (Fsp3) is 0.667. The van der Waals surface area contributed by atoms with Gasteiger partial charge < -0.3 is 20.3 Å². The highest BCUT2D eigenvalue weighted by molar-refractivity contribution is 5.79. The van der Waals surface area contributed by atoms with Crippen LogP contribution in [0.4, 0.5) is 0 Å². The fourth-order valence-corrected chi connectivity index (χ4v) is 3.14. The maximum absolute atomic E-state index is 5.11. The van der Waals surface area contributed by atoms with E-state index < -0.39 is 0 Å². The van der Waals surface area contributed by atoms with E-state index in [4.69, 9.17) is 9.73 Å². The van der Waals surface area contributed by atoms with Crippen molar-refractivity contribution < 1.29 is 4.74 Å². The maximum atomic E-state index is 5.11. The lowest BCUT2D eigenvalue weighted by Crippen LogP contribution is -2.41. The van der Waals surface area contributed by atoms with Crippen LogP contribution in [0.5, 0.6) is 0 Å². The highest BCUT2D eigenvalue weighted by Crippen LogP contribution is 2.48. The molecule has 5 heteroatoms. The molecule has 0 bridgehead atoms. The third kappa shape index (κ3) is 7.75. The molecule has 2 N–H and O–H groups in total. The monoisotopic (exact) mass is 360 g/mol. The Morgan fingerprint density at radius 1 is 1.19 bits per heavy atom. The smallest absolute Gasteiger partial charge is 0.191 e. The summed E-state index contributed by atoms with van der Waals surface area (Å²) in [7, 11) is 3.91. The molecule has 0 aliphatic heterocycles. The standard InChI is InChI=1S/C21H36N4O/c1-4-22-20(23-13-15-25(2)14-8-16-26-3)24-18-21(11-12-21)17-19-9-6-5-7-10-19/h5-7,9-10H,4,8,11-18H2,1-3H3,(H2,22,23,24). The molecular formula is C21H36N4O. The number of ether oxygens (including phenoxy) is 1. The number of benzene rings is 1. The first-order valence-corrected chi connectivity index (χ1v) is 9.91. The van der Waals surface area contributed by atoms with Gasteiger partial charge in [-0.3, -0.25) is 4.99 Å². The number of nitrogens with one attached hydrogen (secondary N) is 2. The van der Waals surface area contributed by atoms with E-state index in [1.165, 1.54) is 18.4 Å². The molecule has 26 heavy (non-hydrogen) atoms. The Balaban J connectivity index is 1.75. The second kappa shape index (κ2) is 11.2. The number of hydrogen-bond donors (Lipinski definition) is 2. The van der Waals surface area contributed by atoms with E-state index in [-0.39, 0.29) is 0 Å². The molecule has 2 rings (SSSR count). The van der Waals surface area contributed by atoms with Crippen LogP contribution in [-0.2, 0) is 11.2 Å². The number of guanidine groups is 1. The summed E-state index contributed by atoms with van der Waals surface area (Å²) in [4.78, 5) is 7.20. The Bertz CT molecular complexity index is 528. The van der Waals surface area contributed by atoms with Gasteiger partial charge in [-0.25, -0.2) is 0 Å². The van der Waals surface area contributed by atoms with Crippen molar-refractivity contribution in [3.63, 3.8) is 0 Å². The molecule has 0 heterocycles. The summed E-state index contributed by atoms with van der Waals surface area (Å²) in [6.07, 6.45) is 4.78. The fourth-order valence-electron chi connectivity index (χ4n) is 3.14. The van der Waals surface area contributed by atoms with Gasteiger partial charge in [0, 0.05) is 46.4 Å². The van der Waals surface area contributed by atoms with Crippen LogP contribution >= 0.6 is 0 Å². The normalized spacial score (nSPS) is 15.9. The Kier molecular flexibility index (Phi) is 8.92. The van der Waals surface area contributed by atoms with Gasteiger partial charge in [-0.2, -0.15) is 0 Å². The van der Waals surface area contributed by atoms with Crippen LogP contribution in [0.1, 0.15) is 31.7 Å². The van der Waals surface area contributed by atoms with E-state index in [1.807, 2.05) is 0 Å². The summed E-state index contributed by atoms with van der Waals surface area (Å²) in [5.74, 6) is 0.942. The lowest BCUT2D eigenvalue weighted by Gasteiger charge is -2.19. The van der Waals surface area contributed by atoms with Crippen LogP contribution in [0.15, 0.2) is 35.3 Å². The average molecular weight is 361 g/mol. The first kappa shape index (κ1) is 20.7. The minimum Gasteiger partial charge on any atom is -0.385 e. The zero-order valence-electron chi connectivity index (χ0n) is 16.8. The first-order chi connectivity index (χ1) is 12.7. The molecule has 1 aliphatic rings. The van der Waals surface area contributed by atoms with E-state index in [0.717, 1.165) is 58.1 Å². The van der Waals surface area contributed by atoms with E-state index in [9.17, 15) is 0 Å². The Labute approximate surface area is 159 Å². The van der Waals surface area contributed by atoms with E-state index in [0.29, 0.717) is 5.41 Å². The average Bonchev–Trinajstić information content (AvgIpc) is 3.40. The minimum absolute atomic E-state index is 0.376. The van der Waals surface area contributed by atoms with E-state index in [2.05, 4.69) is 59.8 Å². The highest BCUT2D eigenvalue weighted by atomic mass is 16.5. The highest BCUT2D eigenvalue weighted by Gasteiger charge is 2.42. The quantitative estimate of drug-likeness (QED) is 0.342. The molecular weight excluding hydrogens is 324 g/mol. The zero-order valence-corrected chi connectivity index (χ0v) is 16.8. The molecule has 0 atom stereocenters. The lowest BCUT2D eigenvalue weighted by atomic mass is 9.97. The predicted octanol–water partition coefficient (Wildman–Crippen LogP) is 2.53. The number of rotatable bonds is 12. The van der Waals surface area contributed by atoms with Gasteiger partial charge in [0.05, 0.1) is 0 Å². The van der Waals surface area contributed by atoms with Crippen LogP contribution in [0.2, 0.25) is 0 Å². The van der Waals surface area contributed by atoms with Gasteiger partial charge in [0.1, 0.15) is 0 Å². The summed E-state index contributed by atoms with van der Waals surface area (Å²) in [5, 5.41) is 6.85. The van der Waals surface area contributed by atoms with Gasteiger partial charge in [-0.1, -0.05) is 30.3 Å². The molecule has 0 spiro atoms. The number of nitrogens with zero attached hydrogens (tertiary/aromatic N) is 2. The van der Waals surface area contributed by atoms with Crippen molar-refractivity contribution in [1.82, 2.24) is 15.5 Å². The summed E-state index contributed by atoms with van der Waals surface area (Å²) in [6, 6.07) is 10.8. The zero-order chi connectivity index (χ0) is 18.7. The molecule has 1 fully saturated rings. The van der Waals surface area contributed by atoms with Crippen molar-refractivity contribution >= 4 is 5.96 Å². The molecule has 1 saturated carbocycles. The summed E-state index contributed by atoms with van der Waals surface area (Å²) < 4.78 is 5.11. The topological polar surface area (TPSA) is 48.9 Å². The van der Waals surface area contributed by atoms with Crippen molar-refractivity contribution in [2.75, 3.05) is 53.5 Å². The van der Waals surface area contributed by atoms with Gasteiger partial charge >= 0.3 is 0 Å². The summed E-state index contributed by atoms with van der Waals surface area (Å²) in [6.45, 7) is 7.70. The molecule has 0 aromatic heterocycles. The molecule has 0 unspecified atom stereocenters. The maximum Gasteiger partial charge on any atom is 0.191 e. The van der Waals surface area contributed by atoms with Crippen LogP contribution in [0, 0.1) is 5.41 Å². The SMILES string of the molecule is CCNC(=NCC1(Cc2ccccc2)CC1)NCCN(C)CCCOC. The Morgan fingerprint density at radius 3 is 2.62 bits per heavy atom. The summed E-state index contributed by atoms with van der Waals surface area (Å²) in [5.41, 5.74) is 1.80. The van der Waals surface area contributed by atoms with E-state index >= 15 is 0 Å². The van der Waals surface area contributed by atoms with E-state index in [1.54, 1.807) is 7.11 Å². The van der Waals surface area contributed by atoms with Gasteiger partial charge in [-0.15, -0.1) is 0 Å². The van der Waals surface area contributed by atoms with Gasteiger partial charge in [0.25, 0.3) is 0 Å². The van der Waals surface area contributed by atoms with Crippen molar-refractivity contribution in [3.05, 3.63) is 35.9 Å². The molecule has 0 radical (unpaired) electrons. The number of likely N-dealkylation sites (N-methyl/N-ethyl adjacent to an activating group) is 1. The van der Waals surface area contributed by atoms with Gasteiger partial charge in [0.2, 0.25) is 0 Å². The molecule has 1 aromatic carbocycles. The predicted molar refractivity (Wildman–Crippen MR) is 110 cm³/mol. The molecule has 0 saturated heterocycles. The van der Waals surface area contributed by atoms with Crippen molar-refractivity contribution in [2.45, 2.75) is 32.6 Å². The van der Waals surface area contributed by atoms with Crippen LogP contribution < -0.4 is 10.6 Å². The second-order valence-electron chi connectivity index (χ2n) is 7.43. The Hall–Kier alpha value is -1.59. The first-order valence-electron chi connectivity index (χ1n) is 9.91.